The number of hydrogen-bond donors (Lipinski definition) is 2. The molecule has 0 fully saturated rings. The highest BCUT2D eigenvalue weighted by Gasteiger charge is 2.07. The fourth-order valence-corrected chi connectivity index (χ4v) is 2.44. The van der Waals surface area contributed by atoms with Crippen LogP contribution in [-0.2, 0) is 11.3 Å². The van der Waals surface area contributed by atoms with Crippen LogP contribution in [0.2, 0.25) is 0 Å². The van der Waals surface area contributed by atoms with E-state index < -0.39 is 0 Å². The SMILES string of the molecule is CCNC(=O)CN(C)Cc1ccc(C#CCO)s1. The smallest absolute Gasteiger partial charge is 0.234 e. The van der Waals surface area contributed by atoms with Crippen LogP contribution in [0.5, 0.6) is 0 Å². The molecule has 0 aliphatic heterocycles. The maximum Gasteiger partial charge on any atom is 0.234 e. The number of nitrogens with zero attached hydrogens (tertiary/aromatic N) is 1. The van der Waals surface area contributed by atoms with Crippen molar-refractivity contribution in [1.82, 2.24) is 10.2 Å². The van der Waals surface area contributed by atoms with Crippen molar-refractivity contribution in [1.29, 1.82) is 0 Å². The highest BCUT2D eigenvalue weighted by molar-refractivity contribution is 7.12. The second kappa shape index (κ2) is 7.88. The number of carbonyl (C=O) groups excluding carboxylic acids is 1. The predicted octanol–water partition coefficient (Wildman–Crippen LogP) is 0.660. The Labute approximate surface area is 112 Å². The van der Waals surface area contributed by atoms with E-state index in [1.165, 1.54) is 0 Å². The minimum Gasteiger partial charge on any atom is -0.384 e. The summed E-state index contributed by atoms with van der Waals surface area (Å²) < 4.78 is 0. The van der Waals surface area contributed by atoms with Gasteiger partial charge in [-0.3, -0.25) is 9.69 Å². The molecule has 0 aromatic carbocycles. The van der Waals surface area contributed by atoms with Crippen molar-refractivity contribution in [2.45, 2.75) is 13.5 Å². The van der Waals surface area contributed by atoms with Crippen LogP contribution in [0.25, 0.3) is 0 Å². The zero-order valence-electron chi connectivity index (χ0n) is 10.7. The Balaban J connectivity index is 2.46. The summed E-state index contributed by atoms with van der Waals surface area (Å²) in [4.78, 5) is 15.4. The van der Waals surface area contributed by atoms with Crippen molar-refractivity contribution in [3.8, 4) is 11.8 Å². The van der Waals surface area contributed by atoms with E-state index >= 15 is 0 Å². The van der Waals surface area contributed by atoms with Gasteiger partial charge in [-0.25, -0.2) is 0 Å². The molecule has 0 bridgehead atoms. The van der Waals surface area contributed by atoms with Crippen molar-refractivity contribution in [2.24, 2.45) is 0 Å². The topological polar surface area (TPSA) is 52.6 Å². The van der Waals surface area contributed by atoms with Crippen LogP contribution in [-0.4, -0.2) is 42.7 Å². The van der Waals surface area contributed by atoms with E-state index in [4.69, 9.17) is 5.11 Å². The van der Waals surface area contributed by atoms with Crippen LogP contribution in [0.4, 0.5) is 0 Å². The highest BCUT2D eigenvalue weighted by atomic mass is 32.1. The van der Waals surface area contributed by atoms with E-state index in [-0.39, 0.29) is 12.5 Å². The first-order valence-corrected chi connectivity index (χ1v) is 6.61. The Morgan fingerprint density at radius 3 is 3.00 bits per heavy atom. The van der Waals surface area contributed by atoms with Crippen LogP contribution < -0.4 is 5.32 Å². The zero-order valence-corrected chi connectivity index (χ0v) is 11.5. The van der Waals surface area contributed by atoms with Gasteiger partial charge >= 0.3 is 0 Å². The standard InChI is InChI=1S/C13H18N2O2S/c1-3-14-13(17)10-15(2)9-12-7-6-11(18-12)5-4-8-16/h6-7,16H,3,8-10H2,1-2H3,(H,14,17). The van der Waals surface area contributed by atoms with Crippen LogP contribution in [0, 0.1) is 11.8 Å². The minimum absolute atomic E-state index is 0.0388. The van der Waals surface area contributed by atoms with Crippen molar-refractivity contribution < 1.29 is 9.90 Å². The highest BCUT2D eigenvalue weighted by Crippen LogP contribution is 2.16. The van der Waals surface area contributed by atoms with Gasteiger partial charge in [-0.1, -0.05) is 11.8 Å². The van der Waals surface area contributed by atoms with Crippen LogP contribution in [0.15, 0.2) is 12.1 Å². The molecule has 2 N–H and O–H groups in total. The average molecular weight is 266 g/mol. The number of carbonyl (C=O) groups is 1. The molecule has 0 spiro atoms. The molecular formula is C13H18N2O2S. The summed E-state index contributed by atoms with van der Waals surface area (Å²) in [6.07, 6.45) is 0. The first kappa shape index (κ1) is 14.7. The number of amides is 1. The Hall–Kier alpha value is -1.35. The summed E-state index contributed by atoms with van der Waals surface area (Å²) in [6.45, 7) is 3.56. The lowest BCUT2D eigenvalue weighted by Gasteiger charge is -2.14. The Morgan fingerprint density at radius 2 is 2.33 bits per heavy atom. The van der Waals surface area contributed by atoms with E-state index in [1.807, 2.05) is 31.0 Å². The number of rotatable bonds is 5. The summed E-state index contributed by atoms with van der Waals surface area (Å²) in [5, 5.41) is 11.4. The Bertz CT molecular complexity index is 445. The molecule has 0 saturated heterocycles. The fourth-order valence-electron chi connectivity index (χ4n) is 1.48. The second-order valence-corrected chi connectivity index (χ2v) is 5.02. The third-order valence-corrected chi connectivity index (χ3v) is 3.15. The first-order valence-electron chi connectivity index (χ1n) is 5.79. The van der Waals surface area contributed by atoms with Gasteiger partial charge in [0.05, 0.1) is 11.4 Å². The molecule has 0 radical (unpaired) electrons. The lowest BCUT2D eigenvalue weighted by Crippen LogP contribution is -2.34. The van der Waals surface area contributed by atoms with E-state index in [0.29, 0.717) is 13.1 Å². The summed E-state index contributed by atoms with van der Waals surface area (Å²) in [5.41, 5.74) is 0. The molecule has 1 amide bonds. The predicted molar refractivity (Wildman–Crippen MR) is 73.3 cm³/mol. The van der Waals surface area contributed by atoms with Gasteiger partial charge in [0.15, 0.2) is 0 Å². The summed E-state index contributed by atoms with van der Waals surface area (Å²) in [7, 11) is 1.91. The molecular weight excluding hydrogens is 248 g/mol. The average Bonchev–Trinajstić information content (AvgIpc) is 2.74. The van der Waals surface area contributed by atoms with Gasteiger partial charge in [0.25, 0.3) is 0 Å². The molecule has 0 saturated carbocycles. The van der Waals surface area contributed by atoms with Gasteiger partial charge in [0.1, 0.15) is 6.61 Å². The van der Waals surface area contributed by atoms with Gasteiger partial charge in [-0.2, -0.15) is 0 Å². The van der Waals surface area contributed by atoms with Crippen molar-refractivity contribution in [2.75, 3.05) is 26.7 Å². The maximum atomic E-state index is 11.4. The lowest BCUT2D eigenvalue weighted by molar-refractivity contribution is -0.121. The third kappa shape index (κ3) is 5.32. The molecule has 1 aromatic rings. The number of aliphatic hydroxyl groups is 1. The van der Waals surface area contributed by atoms with Crippen LogP contribution in [0.3, 0.4) is 0 Å². The number of likely N-dealkylation sites (N-methyl/N-ethyl adjacent to an activating group) is 2. The first-order chi connectivity index (χ1) is 8.65. The molecule has 18 heavy (non-hydrogen) atoms. The molecule has 0 atom stereocenters. The van der Waals surface area contributed by atoms with Gasteiger partial charge < -0.3 is 10.4 Å². The number of thiophene rings is 1. The molecule has 98 valence electrons. The van der Waals surface area contributed by atoms with Gasteiger partial charge in [-0.05, 0) is 26.1 Å². The monoisotopic (exact) mass is 266 g/mol. The summed E-state index contributed by atoms with van der Waals surface area (Å²) in [6, 6.07) is 3.93. The molecule has 5 heteroatoms. The molecule has 0 aliphatic carbocycles. The molecule has 0 unspecified atom stereocenters. The Morgan fingerprint density at radius 1 is 1.56 bits per heavy atom. The van der Waals surface area contributed by atoms with E-state index in [2.05, 4.69) is 17.2 Å². The second-order valence-electron chi connectivity index (χ2n) is 3.85. The van der Waals surface area contributed by atoms with Gasteiger partial charge in [-0.15, -0.1) is 11.3 Å². The quantitative estimate of drug-likeness (QED) is 0.770. The molecule has 4 nitrogen and oxygen atoms in total. The molecule has 1 heterocycles. The van der Waals surface area contributed by atoms with Gasteiger partial charge in [0, 0.05) is 18.0 Å². The maximum absolute atomic E-state index is 11.4. The fraction of sp³-hybridized carbons (Fsp3) is 0.462. The Kier molecular flexibility index (Phi) is 6.44. The zero-order chi connectivity index (χ0) is 13.4. The van der Waals surface area contributed by atoms with Crippen LogP contribution in [0.1, 0.15) is 16.7 Å². The van der Waals surface area contributed by atoms with Crippen LogP contribution >= 0.6 is 11.3 Å². The minimum atomic E-state index is -0.121. The number of hydrogen-bond acceptors (Lipinski definition) is 4. The van der Waals surface area contributed by atoms with Crippen molar-refractivity contribution in [3.05, 3.63) is 21.9 Å². The largest absolute Gasteiger partial charge is 0.384 e. The van der Waals surface area contributed by atoms with E-state index in [1.54, 1.807) is 11.3 Å². The lowest BCUT2D eigenvalue weighted by atomic mass is 10.4. The molecule has 1 aromatic heterocycles. The number of aliphatic hydroxyl groups excluding tert-OH is 1. The van der Waals surface area contributed by atoms with Gasteiger partial charge in [0.2, 0.25) is 5.91 Å². The van der Waals surface area contributed by atoms with E-state index in [9.17, 15) is 4.79 Å². The van der Waals surface area contributed by atoms with Crippen molar-refractivity contribution in [3.63, 3.8) is 0 Å². The molecule has 1 rings (SSSR count). The number of nitrogens with one attached hydrogen (secondary N) is 1. The molecule has 0 aliphatic rings. The third-order valence-electron chi connectivity index (χ3n) is 2.17. The summed E-state index contributed by atoms with van der Waals surface area (Å²) >= 11 is 1.58. The normalized spacial score (nSPS) is 10.0. The summed E-state index contributed by atoms with van der Waals surface area (Å²) in [5.74, 6) is 5.53. The van der Waals surface area contributed by atoms with E-state index in [0.717, 1.165) is 16.3 Å². The van der Waals surface area contributed by atoms with Crippen molar-refractivity contribution >= 4 is 17.2 Å².